The molecule has 1 N–H and O–H groups in total. The maximum atomic E-state index is 12.1. The quantitative estimate of drug-likeness (QED) is 0.539. The first-order chi connectivity index (χ1) is 8.45. The van der Waals surface area contributed by atoms with Crippen LogP contribution in [-0.4, -0.2) is 31.8 Å². The fraction of sp³-hybridized carbons (Fsp3) is 0.500. The average Bonchev–Trinajstić information content (AvgIpc) is 2.12. The summed E-state index contributed by atoms with van der Waals surface area (Å²) in [6.07, 6.45) is 1.07. The Bertz CT molecular complexity index is 539. The Labute approximate surface area is 105 Å². The first-order valence-corrected chi connectivity index (χ1v) is 6.10. The molecule has 0 spiro atoms. The van der Waals surface area contributed by atoms with E-state index in [-0.39, 0.29) is 0 Å². The molecule has 1 unspecified atom stereocenters. The van der Waals surface area contributed by atoms with E-state index >= 15 is 0 Å². The molecule has 0 saturated heterocycles. The van der Waals surface area contributed by atoms with Gasteiger partial charge in [0.1, 0.15) is 5.66 Å². The maximum Gasteiger partial charge on any atom is 0.534 e. The third-order valence-electron chi connectivity index (χ3n) is 1.95. The number of carboxylic acid groups (broad SMARTS) is 1. The highest BCUT2D eigenvalue weighted by atomic mass is 32.2. The molecule has 1 aliphatic heterocycles. The zero-order valence-corrected chi connectivity index (χ0v) is 10.2. The number of aliphatic carboxylic acids is 1. The number of rotatable bonds is 4. The van der Waals surface area contributed by atoms with Gasteiger partial charge in [0, 0.05) is 24.7 Å². The van der Waals surface area contributed by atoms with E-state index in [0.29, 0.717) is 0 Å². The Morgan fingerprint density at radius 3 is 2.63 bits per heavy atom. The van der Waals surface area contributed by atoms with Gasteiger partial charge in [0.15, 0.2) is 0 Å². The van der Waals surface area contributed by atoms with E-state index in [1.165, 1.54) is 6.92 Å². The molecule has 19 heavy (non-hydrogen) atoms. The zero-order chi connectivity index (χ0) is 14.9. The Kier molecular flexibility index (Phi) is 3.79. The van der Waals surface area contributed by atoms with Gasteiger partial charge in [0.25, 0.3) is 0 Å². The fourth-order valence-electron chi connectivity index (χ4n) is 1.19. The van der Waals surface area contributed by atoms with Crippen molar-refractivity contribution in [2.45, 2.75) is 24.5 Å². The van der Waals surface area contributed by atoms with Crippen molar-refractivity contribution in [3.63, 3.8) is 0 Å². The van der Waals surface area contributed by atoms with Crippen LogP contribution < -0.4 is 10.4 Å². The monoisotopic (exact) mass is 301 g/mol. The highest BCUT2D eigenvalue weighted by molar-refractivity contribution is 7.87. The first kappa shape index (κ1) is 15.3. The van der Waals surface area contributed by atoms with Gasteiger partial charge in [-0.25, -0.2) is 0 Å². The van der Waals surface area contributed by atoms with Crippen molar-refractivity contribution in [3.05, 3.63) is 12.0 Å². The molecule has 0 amide bonds. The van der Waals surface area contributed by atoms with Crippen LogP contribution in [0.1, 0.15) is 13.3 Å². The minimum absolute atomic E-state index is 0.684. The van der Waals surface area contributed by atoms with Crippen LogP contribution in [0.3, 0.4) is 0 Å². The third-order valence-corrected chi connectivity index (χ3v) is 2.92. The summed E-state index contributed by atoms with van der Waals surface area (Å²) in [4.78, 5) is 14.1. The van der Waals surface area contributed by atoms with Gasteiger partial charge in [0.05, 0.1) is 0 Å². The van der Waals surface area contributed by atoms with Crippen molar-refractivity contribution < 1.29 is 35.7 Å². The number of nitrogens with one attached hydrogen (secondary N) is 1. The van der Waals surface area contributed by atoms with Crippen molar-refractivity contribution in [1.82, 2.24) is 5.32 Å². The number of aliphatic imine (C=N–C) groups is 1. The molecular weight excluding hydrogens is 293 g/mol. The maximum absolute atomic E-state index is 12.1. The lowest BCUT2D eigenvalue weighted by atomic mass is 10.1. The molecule has 0 aromatic heterocycles. The number of carbonyl (C=O) groups is 1. The molecule has 0 aromatic rings. The minimum atomic E-state index is -5.83. The fourth-order valence-corrected chi connectivity index (χ4v) is 1.62. The summed E-state index contributed by atoms with van der Waals surface area (Å²) < 4.78 is 61.6. The van der Waals surface area contributed by atoms with Crippen molar-refractivity contribution in [1.29, 1.82) is 0 Å². The summed E-state index contributed by atoms with van der Waals surface area (Å²) >= 11 is 0. The van der Waals surface area contributed by atoms with E-state index in [9.17, 15) is 31.5 Å². The SMILES string of the molecule is CC1(CC(=O)[O-])N=CC=C(OS(=O)(=O)C(F)(F)F)N1. The third kappa shape index (κ3) is 3.84. The predicted molar refractivity (Wildman–Crippen MR) is 53.8 cm³/mol. The summed E-state index contributed by atoms with van der Waals surface area (Å²) in [6, 6.07) is 0. The number of halogens is 3. The number of alkyl halides is 3. The molecule has 1 rings (SSSR count). The van der Waals surface area contributed by atoms with Gasteiger partial charge in [-0.05, 0) is 6.92 Å². The number of hydrogen-bond acceptors (Lipinski definition) is 7. The van der Waals surface area contributed by atoms with Gasteiger partial charge in [0.2, 0.25) is 5.88 Å². The van der Waals surface area contributed by atoms with Crippen LogP contribution in [0.4, 0.5) is 13.2 Å². The number of allylic oxidation sites excluding steroid dienone is 1. The van der Waals surface area contributed by atoms with Gasteiger partial charge >= 0.3 is 15.6 Å². The van der Waals surface area contributed by atoms with Crippen LogP contribution in [-0.2, 0) is 19.1 Å². The lowest BCUT2D eigenvalue weighted by Crippen LogP contribution is -2.47. The van der Waals surface area contributed by atoms with E-state index < -0.39 is 39.6 Å². The van der Waals surface area contributed by atoms with Gasteiger partial charge in [-0.2, -0.15) is 21.6 Å². The molecule has 1 aliphatic rings. The number of hydrogen-bond donors (Lipinski definition) is 1. The Balaban J connectivity index is 2.87. The predicted octanol–water partition coefficient (Wildman–Crippen LogP) is -0.776. The molecule has 11 heteroatoms. The molecule has 7 nitrogen and oxygen atoms in total. The van der Waals surface area contributed by atoms with Gasteiger partial charge in [-0.3, -0.25) is 4.99 Å². The van der Waals surface area contributed by atoms with Crippen LogP contribution in [0.5, 0.6) is 0 Å². The van der Waals surface area contributed by atoms with Crippen LogP contribution >= 0.6 is 0 Å². The number of carboxylic acids is 1. The van der Waals surface area contributed by atoms with Crippen molar-refractivity contribution in [2.75, 3.05) is 0 Å². The second-order valence-electron chi connectivity index (χ2n) is 3.74. The summed E-state index contributed by atoms with van der Waals surface area (Å²) in [7, 11) is -5.83. The molecular formula is C8H8F3N2O5S-. The molecule has 1 atom stereocenters. The van der Waals surface area contributed by atoms with Gasteiger partial charge in [-0.15, -0.1) is 0 Å². The number of nitrogens with zero attached hydrogens (tertiary/aromatic N) is 1. The summed E-state index contributed by atoms with van der Waals surface area (Å²) in [5.74, 6) is -2.30. The molecule has 0 saturated carbocycles. The summed E-state index contributed by atoms with van der Waals surface area (Å²) in [6.45, 7) is 1.22. The van der Waals surface area contributed by atoms with E-state index in [1.807, 2.05) is 0 Å². The molecule has 0 fully saturated rings. The lowest BCUT2D eigenvalue weighted by Gasteiger charge is -2.30. The topological polar surface area (TPSA) is 108 Å². The normalized spacial score (nSPS) is 23.5. The molecule has 0 aliphatic carbocycles. The zero-order valence-electron chi connectivity index (χ0n) is 9.39. The van der Waals surface area contributed by atoms with Gasteiger partial charge < -0.3 is 19.4 Å². The second-order valence-corrected chi connectivity index (χ2v) is 5.28. The highest BCUT2D eigenvalue weighted by Crippen LogP contribution is 2.27. The molecule has 1 heterocycles. The van der Waals surface area contributed by atoms with Crippen LogP contribution in [0.25, 0.3) is 0 Å². The first-order valence-electron chi connectivity index (χ1n) is 4.69. The molecule has 0 aromatic carbocycles. The Morgan fingerprint density at radius 1 is 1.58 bits per heavy atom. The van der Waals surface area contributed by atoms with Gasteiger partial charge in [-0.1, -0.05) is 0 Å². The van der Waals surface area contributed by atoms with Crippen molar-refractivity contribution in [3.8, 4) is 0 Å². The minimum Gasteiger partial charge on any atom is -0.550 e. The second kappa shape index (κ2) is 4.72. The molecule has 0 bridgehead atoms. The van der Waals surface area contributed by atoms with E-state index in [1.54, 1.807) is 0 Å². The van der Waals surface area contributed by atoms with Crippen LogP contribution in [0, 0.1) is 0 Å². The highest BCUT2D eigenvalue weighted by Gasteiger charge is 2.49. The van der Waals surface area contributed by atoms with E-state index in [4.69, 9.17) is 0 Å². The Hall–Kier alpha value is -1.78. The Morgan fingerprint density at radius 2 is 2.16 bits per heavy atom. The number of carbonyl (C=O) groups excluding carboxylic acids is 1. The lowest BCUT2D eigenvalue weighted by molar-refractivity contribution is -0.307. The molecule has 0 radical (unpaired) electrons. The smallest absolute Gasteiger partial charge is 0.534 e. The van der Waals surface area contributed by atoms with Crippen LogP contribution in [0.2, 0.25) is 0 Å². The van der Waals surface area contributed by atoms with E-state index in [2.05, 4.69) is 14.5 Å². The summed E-state index contributed by atoms with van der Waals surface area (Å²) in [5.41, 5.74) is -7.14. The standard InChI is InChI=1S/C8H9F3N2O5S/c1-7(4-6(14)15)12-3-2-5(13-7)18-19(16,17)8(9,10)11/h2-3,13H,4H2,1H3,(H,14,15)/p-1. The summed E-state index contributed by atoms with van der Waals surface area (Å²) in [5, 5.41) is 12.6. The van der Waals surface area contributed by atoms with E-state index in [0.717, 1.165) is 12.3 Å². The van der Waals surface area contributed by atoms with Crippen LogP contribution in [0.15, 0.2) is 17.0 Å². The van der Waals surface area contributed by atoms with Crippen molar-refractivity contribution in [2.24, 2.45) is 4.99 Å². The van der Waals surface area contributed by atoms with Crippen molar-refractivity contribution >= 4 is 22.3 Å². The largest absolute Gasteiger partial charge is 0.550 e. The average molecular weight is 301 g/mol. The molecule has 108 valence electrons.